The van der Waals surface area contributed by atoms with Gasteiger partial charge in [0.15, 0.2) is 0 Å². The summed E-state index contributed by atoms with van der Waals surface area (Å²) in [4.78, 5) is 15.2. The molecule has 1 saturated heterocycles. The van der Waals surface area contributed by atoms with Crippen LogP contribution in [0.15, 0.2) is 54.6 Å². The SMILES string of the molecule is N[C@H](C(=O)N1CCCC1c1ccc(Cc2ccccc2)cc1)C1CCCCC1. The molecule has 2 N–H and O–H groups in total. The predicted octanol–water partition coefficient (Wildman–Crippen LogP) is 4.85. The highest BCUT2D eigenvalue weighted by Gasteiger charge is 2.35. The number of nitrogens with zero attached hydrogens (tertiary/aromatic N) is 1. The van der Waals surface area contributed by atoms with E-state index in [1.54, 1.807) is 0 Å². The molecule has 1 unspecified atom stereocenters. The summed E-state index contributed by atoms with van der Waals surface area (Å²) in [6.45, 7) is 0.843. The van der Waals surface area contributed by atoms with Gasteiger partial charge in [-0.15, -0.1) is 0 Å². The van der Waals surface area contributed by atoms with Crippen LogP contribution in [0.3, 0.4) is 0 Å². The molecule has 0 radical (unpaired) electrons. The third-order valence-corrected chi connectivity index (χ3v) is 6.59. The molecule has 2 aromatic carbocycles. The molecule has 0 spiro atoms. The molecule has 2 atom stereocenters. The number of carbonyl (C=O) groups excluding carboxylic acids is 1. The fourth-order valence-corrected chi connectivity index (χ4v) is 4.95. The molecule has 2 aromatic rings. The number of rotatable bonds is 5. The third kappa shape index (κ3) is 4.30. The molecule has 3 heteroatoms. The van der Waals surface area contributed by atoms with E-state index in [9.17, 15) is 4.79 Å². The van der Waals surface area contributed by atoms with Crippen LogP contribution in [0.4, 0.5) is 0 Å². The summed E-state index contributed by atoms with van der Waals surface area (Å²) >= 11 is 0. The third-order valence-electron chi connectivity index (χ3n) is 6.59. The van der Waals surface area contributed by atoms with Crippen LogP contribution in [-0.4, -0.2) is 23.4 Å². The van der Waals surface area contributed by atoms with E-state index < -0.39 is 0 Å². The zero-order chi connectivity index (χ0) is 19.3. The normalized spacial score (nSPS) is 21.6. The number of amides is 1. The first-order valence-electron chi connectivity index (χ1n) is 10.9. The topological polar surface area (TPSA) is 46.3 Å². The van der Waals surface area contributed by atoms with E-state index in [0.29, 0.717) is 5.92 Å². The standard InChI is InChI=1S/C25H32N2O/c26-24(22-10-5-2-6-11-22)25(28)27-17-7-12-23(27)21-15-13-20(14-16-21)18-19-8-3-1-4-9-19/h1,3-4,8-9,13-16,22-24H,2,5-7,10-12,17-18,26H2/t23?,24-/m0/s1. The zero-order valence-electron chi connectivity index (χ0n) is 16.7. The maximum Gasteiger partial charge on any atom is 0.240 e. The first kappa shape index (κ1) is 19.2. The summed E-state index contributed by atoms with van der Waals surface area (Å²) in [7, 11) is 0. The van der Waals surface area contributed by atoms with Gasteiger partial charge in [0, 0.05) is 6.54 Å². The lowest BCUT2D eigenvalue weighted by molar-refractivity contribution is -0.135. The molecular weight excluding hydrogens is 344 g/mol. The fourth-order valence-electron chi connectivity index (χ4n) is 4.95. The van der Waals surface area contributed by atoms with Gasteiger partial charge in [0.1, 0.15) is 0 Å². The molecule has 3 nitrogen and oxygen atoms in total. The first-order chi connectivity index (χ1) is 13.7. The quantitative estimate of drug-likeness (QED) is 0.811. The predicted molar refractivity (Wildman–Crippen MR) is 114 cm³/mol. The minimum Gasteiger partial charge on any atom is -0.334 e. The van der Waals surface area contributed by atoms with Gasteiger partial charge in [-0.05, 0) is 54.7 Å². The van der Waals surface area contributed by atoms with Crippen molar-refractivity contribution in [2.75, 3.05) is 6.54 Å². The molecule has 1 aliphatic heterocycles. The second kappa shape index (κ2) is 8.91. The van der Waals surface area contributed by atoms with Gasteiger partial charge in [-0.25, -0.2) is 0 Å². The largest absolute Gasteiger partial charge is 0.334 e. The molecule has 0 aromatic heterocycles. The van der Waals surface area contributed by atoms with E-state index in [-0.39, 0.29) is 18.0 Å². The average molecular weight is 377 g/mol. The molecule has 2 fully saturated rings. The Labute approximate surface area is 168 Å². The summed E-state index contributed by atoms with van der Waals surface area (Å²) in [6, 6.07) is 19.3. The molecule has 0 bridgehead atoms. The van der Waals surface area contributed by atoms with Gasteiger partial charge in [0.05, 0.1) is 12.1 Å². The van der Waals surface area contributed by atoms with Crippen LogP contribution >= 0.6 is 0 Å². The number of benzene rings is 2. The van der Waals surface area contributed by atoms with Crippen molar-refractivity contribution in [3.63, 3.8) is 0 Å². The van der Waals surface area contributed by atoms with E-state index in [1.807, 2.05) is 0 Å². The van der Waals surface area contributed by atoms with Crippen molar-refractivity contribution in [1.82, 2.24) is 4.90 Å². The minimum atomic E-state index is -0.321. The van der Waals surface area contributed by atoms with Crippen molar-refractivity contribution in [2.24, 2.45) is 11.7 Å². The minimum absolute atomic E-state index is 0.169. The molecular formula is C25H32N2O. The second-order valence-electron chi connectivity index (χ2n) is 8.52. The Morgan fingerprint density at radius 2 is 1.57 bits per heavy atom. The Bertz CT molecular complexity index is 765. The van der Waals surface area contributed by atoms with E-state index in [4.69, 9.17) is 5.73 Å². The van der Waals surface area contributed by atoms with Gasteiger partial charge in [0.2, 0.25) is 5.91 Å². The van der Waals surface area contributed by atoms with Crippen molar-refractivity contribution in [2.45, 2.75) is 63.5 Å². The van der Waals surface area contributed by atoms with Gasteiger partial charge < -0.3 is 10.6 Å². The Morgan fingerprint density at radius 1 is 0.893 bits per heavy atom. The lowest BCUT2D eigenvalue weighted by Gasteiger charge is -2.32. The lowest BCUT2D eigenvalue weighted by atomic mass is 9.83. The number of hydrogen-bond acceptors (Lipinski definition) is 2. The van der Waals surface area contributed by atoms with Gasteiger partial charge in [-0.2, -0.15) is 0 Å². The number of nitrogens with two attached hydrogens (primary N) is 1. The summed E-state index contributed by atoms with van der Waals surface area (Å²) in [5, 5.41) is 0. The van der Waals surface area contributed by atoms with Gasteiger partial charge in [0.25, 0.3) is 0 Å². The van der Waals surface area contributed by atoms with E-state index in [2.05, 4.69) is 59.5 Å². The Kier molecular flexibility index (Phi) is 6.11. The Morgan fingerprint density at radius 3 is 2.29 bits per heavy atom. The number of hydrogen-bond donors (Lipinski definition) is 1. The van der Waals surface area contributed by atoms with Crippen LogP contribution in [0.1, 0.15) is 67.7 Å². The van der Waals surface area contributed by atoms with Crippen LogP contribution in [-0.2, 0) is 11.2 Å². The number of carbonyl (C=O) groups is 1. The highest BCUT2D eigenvalue weighted by molar-refractivity contribution is 5.82. The Balaban J connectivity index is 1.43. The number of likely N-dealkylation sites (tertiary alicyclic amines) is 1. The molecule has 4 rings (SSSR count). The van der Waals surface area contributed by atoms with E-state index in [1.165, 1.54) is 36.0 Å². The maximum absolute atomic E-state index is 13.1. The molecule has 1 amide bonds. The second-order valence-corrected chi connectivity index (χ2v) is 8.52. The monoisotopic (exact) mass is 376 g/mol. The van der Waals surface area contributed by atoms with Gasteiger partial charge in [-0.1, -0.05) is 73.9 Å². The molecule has 1 heterocycles. The van der Waals surface area contributed by atoms with Crippen molar-refractivity contribution < 1.29 is 4.79 Å². The highest BCUT2D eigenvalue weighted by atomic mass is 16.2. The maximum atomic E-state index is 13.1. The summed E-state index contributed by atoms with van der Waals surface area (Å²) in [5.74, 6) is 0.540. The van der Waals surface area contributed by atoms with Crippen LogP contribution in [0.5, 0.6) is 0 Å². The van der Waals surface area contributed by atoms with Crippen LogP contribution in [0.25, 0.3) is 0 Å². The summed E-state index contributed by atoms with van der Waals surface area (Å²) in [5.41, 5.74) is 10.3. The van der Waals surface area contributed by atoms with Gasteiger partial charge in [-0.3, -0.25) is 4.79 Å². The summed E-state index contributed by atoms with van der Waals surface area (Å²) in [6.07, 6.45) is 9.01. The summed E-state index contributed by atoms with van der Waals surface area (Å²) < 4.78 is 0. The van der Waals surface area contributed by atoms with Gasteiger partial charge >= 0.3 is 0 Å². The molecule has 28 heavy (non-hydrogen) atoms. The van der Waals surface area contributed by atoms with E-state index in [0.717, 1.165) is 38.6 Å². The van der Waals surface area contributed by atoms with Crippen LogP contribution < -0.4 is 5.73 Å². The molecule has 1 saturated carbocycles. The smallest absolute Gasteiger partial charge is 0.240 e. The molecule has 1 aliphatic carbocycles. The lowest BCUT2D eigenvalue weighted by Crippen LogP contribution is -2.47. The average Bonchev–Trinajstić information content (AvgIpc) is 3.24. The molecule has 148 valence electrons. The fraction of sp³-hybridized carbons (Fsp3) is 0.480. The Hall–Kier alpha value is -2.13. The zero-order valence-corrected chi connectivity index (χ0v) is 16.7. The van der Waals surface area contributed by atoms with Crippen LogP contribution in [0.2, 0.25) is 0 Å². The van der Waals surface area contributed by atoms with Crippen molar-refractivity contribution in [3.05, 3.63) is 71.3 Å². The first-order valence-corrected chi connectivity index (χ1v) is 10.9. The highest BCUT2D eigenvalue weighted by Crippen LogP contribution is 2.34. The van der Waals surface area contributed by atoms with Crippen molar-refractivity contribution >= 4 is 5.91 Å². The van der Waals surface area contributed by atoms with Crippen molar-refractivity contribution in [3.8, 4) is 0 Å². The van der Waals surface area contributed by atoms with E-state index >= 15 is 0 Å². The molecule has 2 aliphatic rings. The van der Waals surface area contributed by atoms with Crippen LogP contribution in [0, 0.1) is 5.92 Å². The van der Waals surface area contributed by atoms with Crippen molar-refractivity contribution in [1.29, 1.82) is 0 Å².